The van der Waals surface area contributed by atoms with Crippen molar-refractivity contribution in [3.8, 4) is 0 Å². The van der Waals surface area contributed by atoms with Crippen LogP contribution in [0.2, 0.25) is 0 Å². The Hall–Kier alpha value is -0.260. The van der Waals surface area contributed by atoms with E-state index in [-0.39, 0.29) is 0 Å². The molecule has 0 aliphatic rings. The van der Waals surface area contributed by atoms with Crippen LogP contribution >= 0.6 is 0 Å². The zero-order valence-corrected chi connectivity index (χ0v) is 14.1. The van der Waals surface area contributed by atoms with Crippen molar-refractivity contribution in [1.82, 2.24) is 0 Å². The van der Waals surface area contributed by atoms with Crippen LogP contribution in [-0.2, 0) is 0 Å². The predicted octanol–water partition coefficient (Wildman–Crippen LogP) is 7.15. The van der Waals surface area contributed by atoms with Crippen LogP contribution in [0.25, 0.3) is 0 Å². The molecule has 1 atom stereocenters. The topological polar surface area (TPSA) is 0 Å². The van der Waals surface area contributed by atoms with Crippen LogP contribution in [0.15, 0.2) is 12.2 Å². The van der Waals surface area contributed by atoms with Gasteiger partial charge in [0.2, 0.25) is 0 Å². The van der Waals surface area contributed by atoms with E-state index in [1.165, 1.54) is 70.6 Å². The summed E-state index contributed by atoms with van der Waals surface area (Å²) >= 11 is 0. The van der Waals surface area contributed by atoms with Crippen LogP contribution in [0.3, 0.4) is 0 Å². The van der Waals surface area contributed by atoms with Gasteiger partial charge in [-0.15, -0.1) is 0 Å². The molecule has 0 bridgehead atoms. The van der Waals surface area contributed by atoms with E-state index >= 15 is 0 Å². The first kappa shape index (κ1) is 18.7. The van der Waals surface area contributed by atoms with E-state index in [2.05, 4.69) is 39.8 Å². The van der Waals surface area contributed by atoms with Gasteiger partial charge in [-0.25, -0.2) is 0 Å². The van der Waals surface area contributed by atoms with Crippen LogP contribution < -0.4 is 0 Å². The second-order valence-electron chi connectivity index (χ2n) is 6.68. The molecule has 0 spiro atoms. The lowest BCUT2D eigenvalue weighted by atomic mass is 9.95. The Morgan fingerprint density at radius 2 is 1.32 bits per heavy atom. The average molecular weight is 267 g/mol. The Kier molecular flexibility index (Phi) is 14.0. The fraction of sp³-hybridized carbons (Fsp3) is 0.895. The summed E-state index contributed by atoms with van der Waals surface area (Å²) in [5.41, 5.74) is 0. The van der Waals surface area contributed by atoms with Gasteiger partial charge >= 0.3 is 0 Å². The van der Waals surface area contributed by atoms with Gasteiger partial charge in [0, 0.05) is 0 Å². The Labute approximate surface area is 123 Å². The predicted molar refractivity (Wildman–Crippen MR) is 89.6 cm³/mol. The number of unbranched alkanes of at least 4 members (excludes halogenated alkanes) is 6. The van der Waals surface area contributed by atoms with Crippen molar-refractivity contribution in [1.29, 1.82) is 0 Å². The number of hydrogen-bond acceptors (Lipinski definition) is 0. The van der Waals surface area contributed by atoms with Gasteiger partial charge in [-0.2, -0.15) is 0 Å². The van der Waals surface area contributed by atoms with Crippen molar-refractivity contribution in [2.45, 2.75) is 98.3 Å². The molecule has 0 aromatic rings. The molecular weight excluding hydrogens is 228 g/mol. The third-order valence-electron chi connectivity index (χ3n) is 3.95. The SMILES string of the molecule is CCCCCCCC/C=C/CC[C@H](C)CCC(C)C. The maximum atomic E-state index is 2.41. The highest BCUT2D eigenvalue weighted by Gasteiger charge is 2.02. The molecule has 0 heteroatoms. The molecule has 0 nitrogen and oxygen atoms in total. The summed E-state index contributed by atoms with van der Waals surface area (Å²) in [6.07, 6.45) is 20.1. The first-order chi connectivity index (χ1) is 9.16. The van der Waals surface area contributed by atoms with Gasteiger partial charge in [0.25, 0.3) is 0 Å². The van der Waals surface area contributed by atoms with E-state index in [4.69, 9.17) is 0 Å². The minimum atomic E-state index is 0.866. The number of hydrogen-bond donors (Lipinski definition) is 0. The fourth-order valence-corrected chi connectivity index (χ4v) is 2.42. The molecular formula is C19H38. The lowest BCUT2D eigenvalue weighted by Gasteiger charge is -2.11. The van der Waals surface area contributed by atoms with E-state index in [1.807, 2.05) is 0 Å². The zero-order chi connectivity index (χ0) is 14.3. The maximum Gasteiger partial charge on any atom is -0.0348 e. The fourth-order valence-electron chi connectivity index (χ4n) is 2.42. The van der Waals surface area contributed by atoms with E-state index in [1.54, 1.807) is 0 Å². The van der Waals surface area contributed by atoms with Crippen LogP contribution in [0.1, 0.15) is 98.3 Å². The molecule has 0 aliphatic carbocycles. The van der Waals surface area contributed by atoms with Crippen molar-refractivity contribution in [3.05, 3.63) is 12.2 Å². The highest BCUT2D eigenvalue weighted by molar-refractivity contribution is 4.81. The summed E-state index contributed by atoms with van der Waals surface area (Å²) in [6, 6.07) is 0. The molecule has 0 aromatic carbocycles. The van der Waals surface area contributed by atoms with Crippen molar-refractivity contribution >= 4 is 0 Å². The van der Waals surface area contributed by atoms with Gasteiger partial charge in [0.1, 0.15) is 0 Å². The summed E-state index contributed by atoms with van der Waals surface area (Å²) in [4.78, 5) is 0. The van der Waals surface area contributed by atoms with Gasteiger partial charge in [0.05, 0.1) is 0 Å². The monoisotopic (exact) mass is 266 g/mol. The van der Waals surface area contributed by atoms with Gasteiger partial charge in [0.15, 0.2) is 0 Å². The van der Waals surface area contributed by atoms with E-state index in [0.717, 1.165) is 11.8 Å². The second kappa shape index (κ2) is 14.2. The molecule has 0 saturated carbocycles. The first-order valence-corrected chi connectivity index (χ1v) is 8.81. The van der Waals surface area contributed by atoms with Gasteiger partial charge in [-0.3, -0.25) is 0 Å². The highest BCUT2D eigenvalue weighted by Crippen LogP contribution is 2.16. The lowest BCUT2D eigenvalue weighted by Crippen LogP contribution is -1.97. The Balaban J connectivity index is 3.24. The normalized spacial score (nSPS) is 13.5. The summed E-state index contributed by atoms with van der Waals surface area (Å²) in [5.74, 6) is 1.77. The van der Waals surface area contributed by atoms with Crippen LogP contribution in [0, 0.1) is 11.8 Å². The lowest BCUT2D eigenvalue weighted by molar-refractivity contribution is 0.430. The molecule has 0 heterocycles. The number of rotatable bonds is 13. The smallest absolute Gasteiger partial charge is 0.0348 e. The molecule has 0 rings (SSSR count). The quantitative estimate of drug-likeness (QED) is 0.245. The third-order valence-corrected chi connectivity index (χ3v) is 3.95. The Bertz CT molecular complexity index is 190. The summed E-state index contributed by atoms with van der Waals surface area (Å²) in [6.45, 7) is 9.34. The average Bonchev–Trinajstić information content (AvgIpc) is 2.38. The Morgan fingerprint density at radius 1 is 0.684 bits per heavy atom. The minimum Gasteiger partial charge on any atom is -0.0885 e. The summed E-state index contributed by atoms with van der Waals surface area (Å²) < 4.78 is 0. The molecule has 0 fully saturated rings. The Morgan fingerprint density at radius 3 is 2.00 bits per heavy atom. The maximum absolute atomic E-state index is 2.41. The van der Waals surface area contributed by atoms with Crippen LogP contribution in [0.5, 0.6) is 0 Å². The molecule has 19 heavy (non-hydrogen) atoms. The molecule has 0 radical (unpaired) electrons. The number of allylic oxidation sites excluding steroid dienone is 2. The molecule has 114 valence electrons. The van der Waals surface area contributed by atoms with Crippen molar-refractivity contribution in [2.75, 3.05) is 0 Å². The molecule has 0 aliphatic heterocycles. The summed E-state index contributed by atoms with van der Waals surface area (Å²) in [7, 11) is 0. The molecule has 0 saturated heterocycles. The molecule has 0 N–H and O–H groups in total. The van der Waals surface area contributed by atoms with Gasteiger partial charge < -0.3 is 0 Å². The van der Waals surface area contributed by atoms with Crippen molar-refractivity contribution in [2.24, 2.45) is 11.8 Å². The third kappa shape index (κ3) is 15.7. The van der Waals surface area contributed by atoms with Gasteiger partial charge in [-0.05, 0) is 37.5 Å². The first-order valence-electron chi connectivity index (χ1n) is 8.81. The molecule has 0 unspecified atom stereocenters. The largest absolute Gasteiger partial charge is 0.0885 e. The van der Waals surface area contributed by atoms with E-state index < -0.39 is 0 Å². The highest BCUT2D eigenvalue weighted by atomic mass is 14.1. The standard InChI is InChI=1S/C19H38/c1-5-6-7-8-9-10-11-12-13-14-15-19(4)17-16-18(2)3/h12-13,18-19H,5-11,14-17H2,1-4H3/b13-12+/t19-/m0/s1. The van der Waals surface area contributed by atoms with E-state index in [9.17, 15) is 0 Å². The summed E-state index contributed by atoms with van der Waals surface area (Å²) in [5, 5.41) is 0. The van der Waals surface area contributed by atoms with Crippen molar-refractivity contribution < 1.29 is 0 Å². The molecule has 0 aromatic heterocycles. The van der Waals surface area contributed by atoms with Crippen molar-refractivity contribution in [3.63, 3.8) is 0 Å². The van der Waals surface area contributed by atoms with E-state index in [0.29, 0.717) is 0 Å². The van der Waals surface area contributed by atoms with Gasteiger partial charge in [-0.1, -0.05) is 84.8 Å². The van der Waals surface area contributed by atoms with Crippen LogP contribution in [-0.4, -0.2) is 0 Å². The molecule has 0 amide bonds. The minimum absolute atomic E-state index is 0.866. The van der Waals surface area contributed by atoms with Crippen LogP contribution in [0.4, 0.5) is 0 Å². The second-order valence-corrected chi connectivity index (χ2v) is 6.68. The zero-order valence-electron chi connectivity index (χ0n) is 14.1.